The van der Waals surface area contributed by atoms with Crippen molar-refractivity contribution in [3.63, 3.8) is 0 Å². The van der Waals surface area contributed by atoms with Crippen molar-refractivity contribution in [2.24, 2.45) is 0 Å². The predicted octanol–water partition coefficient (Wildman–Crippen LogP) is 3.52. The number of para-hydroxylation sites is 1. The number of benzene rings is 2. The average molecular weight is 363 g/mol. The van der Waals surface area contributed by atoms with E-state index < -0.39 is 0 Å². The maximum Gasteiger partial charge on any atom is 0.282 e. The molecule has 0 spiro atoms. The quantitative estimate of drug-likeness (QED) is 0.854. The van der Waals surface area contributed by atoms with E-state index in [-0.39, 0.29) is 18.0 Å². The van der Waals surface area contributed by atoms with Gasteiger partial charge in [-0.3, -0.25) is 4.79 Å². The summed E-state index contributed by atoms with van der Waals surface area (Å²) in [5.41, 5.74) is 1.87. The Morgan fingerprint density at radius 3 is 2.58 bits per heavy atom. The van der Waals surface area contributed by atoms with Gasteiger partial charge in [0.25, 0.3) is 5.91 Å². The number of nitriles is 1. The van der Waals surface area contributed by atoms with Crippen LogP contribution < -0.4 is 10.6 Å². The Hall–Kier alpha value is -2.06. The third-order valence-electron chi connectivity index (χ3n) is 3.75. The van der Waals surface area contributed by atoms with Gasteiger partial charge in [0.2, 0.25) is 0 Å². The molecule has 0 saturated carbocycles. The molecule has 0 bridgehead atoms. The summed E-state index contributed by atoms with van der Waals surface area (Å²) in [6.07, 6.45) is 0. The van der Waals surface area contributed by atoms with E-state index in [9.17, 15) is 4.79 Å². The molecule has 0 aliphatic heterocycles. The maximum atomic E-state index is 12.4. The van der Waals surface area contributed by atoms with Crippen LogP contribution in [0.15, 0.2) is 42.5 Å². The zero-order chi connectivity index (χ0) is 17.7. The summed E-state index contributed by atoms with van der Waals surface area (Å²) in [6.45, 7) is 3.78. The second-order valence-corrected chi connectivity index (χ2v) is 6.43. The van der Waals surface area contributed by atoms with Crippen molar-refractivity contribution in [2.45, 2.75) is 25.9 Å². The van der Waals surface area contributed by atoms with Crippen LogP contribution in [0.4, 0.5) is 5.69 Å². The van der Waals surface area contributed by atoms with E-state index in [1.807, 2.05) is 25.2 Å². The lowest BCUT2D eigenvalue weighted by atomic mass is 10.1. The van der Waals surface area contributed by atoms with Crippen LogP contribution in [-0.2, 0) is 4.79 Å². The smallest absolute Gasteiger partial charge is 0.282 e. The van der Waals surface area contributed by atoms with E-state index in [0.29, 0.717) is 21.3 Å². The van der Waals surface area contributed by atoms with E-state index in [0.717, 1.165) is 5.56 Å². The van der Waals surface area contributed by atoms with Crippen molar-refractivity contribution in [1.29, 1.82) is 5.26 Å². The standard InChI is InChI=1S/C18H17Cl2N3O/c1-11(15-8-7-14(19)9-16(15)20)22-12(2)18(24)23-17-6-4-3-5-13(17)10-21/h3-9,11-12,22H,1-2H3,(H,23,24)/p+1/t11-,12-/m1/s1. The zero-order valence-electron chi connectivity index (χ0n) is 13.4. The first-order chi connectivity index (χ1) is 11.4. The van der Waals surface area contributed by atoms with Gasteiger partial charge < -0.3 is 10.6 Å². The highest BCUT2D eigenvalue weighted by Crippen LogP contribution is 2.24. The van der Waals surface area contributed by atoms with E-state index >= 15 is 0 Å². The Balaban J connectivity index is 2.04. The molecule has 2 rings (SSSR count). The first kappa shape index (κ1) is 18.3. The molecular formula is C18H18Cl2N3O+. The van der Waals surface area contributed by atoms with Crippen LogP contribution in [0.25, 0.3) is 0 Å². The highest BCUT2D eigenvalue weighted by Gasteiger charge is 2.22. The SMILES string of the molecule is C[C@@H]([NH2+][C@H](C)c1ccc(Cl)cc1Cl)C(=O)Nc1ccccc1C#N. The molecule has 2 aromatic carbocycles. The van der Waals surface area contributed by atoms with Gasteiger partial charge in [-0.1, -0.05) is 41.4 Å². The summed E-state index contributed by atoms with van der Waals surface area (Å²) < 4.78 is 0. The fourth-order valence-corrected chi connectivity index (χ4v) is 3.01. The van der Waals surface area contributed by atoms with Gasteiger partial charge in [-0.2, -0.15) is 5.26 Å². The lowest BCUT2D eigenvalue weighted by molar-refractivity contribution is -0.709. The van der Waals surface area contributed by atoms with Gasteiger partial charge in [-0.25, -0.2) is 0 Å². The van der Waals surface area contributed by atoms with Gasteiger partial charge in [-0.15, -0.1) is 0 Å². The summed E-state index contributed by atoms with van der Waals surface area (Å²) in [7, 11) is 0. The zero-order valence-corrected chi connectivity index (χ0v) is 14.9. The van der Waals surface area contributed by atoms with Gasteiger partial charge in [0, 0.05) is 10.6 Å². The average Bonchev–Trinajstić information content (AvgIpc) is 2.55. The minimum absolute atomic E-state index is 0.0123. The molecule has 4 nitrogen and oxygen atoms in total. The molecular weight excluding hydrogens is 345 g/mol. The Morgan fingerprint density at radius 2 is 1.92 bits per heavy atom. The third-order valence-corrected chi connectivity index (χ3v) is 4.31. The van der Waals surface area contributed by atoms with Crippen LogP contribution in [0, 0.1) is 11.3 Å². The molecule has 0 radical (unpaired) electrons. The summed E-state index contributed by atoms with van der Waals surface area (Å²) in [5, 5.41) is 14.9. The number of nitrogens with two attached hydrogens (primary N) is 1. The number of halogens is 2. The van der Waals surface area contributed by atoms with Crippen molar-refractivity contribution in [3.05, 3.63) is 63.6 Å². The number of nitrogens with zero attached hydrogens (tertiary/aromatic N) is 1. The predicted molar refractivity (Wildman–Crippen MR) is 96.1 cm³/mol. The Labute approximate surface area is 151 Å². The molecule has 3 N–H and O–H groups in total. The summed E-state index contributed by atoms with van der Waals surface area (Å²) in [6, 6.07) is 14.0. The summed E-state index contributed by atoms with van der Waals surface area (Å²) in [5.74, 6) is -0.172. The Bertz CT molecular complexity index is 786. The molecule has 0 aromatic heterocycles. The first-order valence-electron chi connectivity index (χ1n) is 7.52. The summed E-state index contributed by atoms with van der Waals surface area (Å²) in [4.78, 5) is 12.4. The number of anilines is 1. The van der Waals surface area contributed by atoms with Crippen LogP contribution in [-0.4, -0.2) is 11.9 Å². The number of rotatable bonds is 5. The molecule has 124 valence electrons. The van der Waals surface area contributed by atoms with Crippen LogP contribution in [0.1, 0.15) is 31.0 Å². The largest absolute Gasteiger partial charge is 0.330 e. The lowest BCUT2D eigenvalue weighted by Gasteiger charge is -2.18. The number of hydrogen-bond acceptors (Lipinski definition) is 2. The first-order valence-corrected chi connectivity index (χ1v) is 8.28. The molecule has 0 unspecified atom stereocenters. The van der Waals surface area contributed by atoms with Gasteiger partial charge in [-0.05, 0) is 38.1 Å². The Kier molecular flexibility index (Phi) is 6.22. The van der Waals surface area contributed by atoms with Crippen LogP contribution in [0.5, 0.6) is 0 Å². The topological polar surface area (TPSA) is 69.5 Å². The maximum absolute atomic E-state index is 12.4. The molecule has 0 fully saturated rings. The van der Waals surface area contributed by atoms with Crippen molar-refractivity contribution in [3.8, 4) is 6.07 Å². The molecule has 0 heterocycles. The second-order valence-electron chi connectivity index (χ2n) is 5.58. The van der Waals surface area contributed by atoms with Crippen molar-refractivity contribution < 1.29 is 10.1 Å². The molecule has 0 aliphatic carbocycles. The number of hydrogen-bond donors (Lipinski definition) is 2. The van der Waals surface area contributed by atoms with Gasteiger partial charge in [0.1, 0.15) is 12.1 Å². The number of quaternary nitrogens is 1. The molecule has 0 saturated heterocycles. The van der Waals surface area contributed by atoms with Crippen molar-refractivity contribution in [2.75, 3.05) is 5.32 Å². The van der Waals surface area contributed by atoms with E-state index in [1.54, 1.807) is 36.4 Å². The van der Waals surface area contributed by atoms with E-state index in [1.165, 1.54) is 0 Å². The number of carbonyl (C=O) groups is 1. The molecule has 2 atom stereocenters. The minimum atomic E-state index is -0.349. The normalized spacial score (nSPS) is 13.0. The number of nitrogens with one attached hydrogen (secondary N) is 1. The van der Waals surface area contributed by atoms with Crippen molar-refractivity contribution >= 4 is 34.8 Å². The summed E-state index contributed by atoms with van der Waals surface area (Å²) >= 11 is 12.1. The van der Waals surface area contributed by atoms with Crippen LogP contribution in [0.2, 0.25) is 10.0 Å². The lowest BCUT2D eigenvalue weighted by Crippen LogP contribution is -2.91. The molecule has 1 amide bonds. The van der Waals surface area contributed by atoms with Gasteiger partial charge in [0.15, 0.2) is 6.04 Å². The highest BCUT2D eigenvalue weighted by molar-refractivity contribution is 6.35. The minimum Gasteiger partial charge on any atom is -0.330 e. The number of amides is 1. The third kappa shape index (κ3) is 4.48. The Morgan fingerprint density at radius 1 is 1.21 bits per heavy atom. The number of carbonyl (C=O) groups excluding carboxylic acids is 1. The van der Waals surface area contributed by atoms with Crippen molar-refractivity contribution in [1.82, 2.24) is 0 Å². The van der Waals surface area contributed by atoms with Crippen LogP contribution in [0.3, 0.4) is 0 Å². The highest BCUT2D eigenvalue weighted by atomic mass is 35.5. The van der Waals surface area contributed by atoms with Crippen LogP contribution >= 0.6 is 23.2 Å². The van der Waals surface area contributed by atoms with E-state index in [4.69, 9.17) is 28.5 Å². The fraction of sp³-hybridized carbons (Fsp3) is 0.222. The van der Waals surface area contributed by atoms with Gasteiger partial charge in [0.05, 0.1) is 16.3 Å². The molecule has 0 aliphatic rings. The monoisotopic (exact) mass is 362 g/mol. The fourth-order valence-electron chi connectivity index (χ4n) is 2.43. The van der Waals surface area contributed by atoms with E-state index in [2.05, 4.69) is 11.4 Å². The van der Waals surface area contributed by atoms with Gasteiger partial charge >= 0.3 is 0 Å². The molecule has 6 heteroatoms. The second kappa shape index (κ2) is 8.16. The molecule has 2 aromatic rings. The molecule has 24 heavy (non-hydrogen) atoms.